The summed E-state index contributed by atoms with van der Waals surface area (Å²) in [5, 5.41) is 2.58. The summed E-state index contributed by atoms with van der Waals surface area (Å²) in [6.45, 7) is 3.61. The molecule has 6 heteroatoms. The molecule has 0 aromatic rings. The Kier molecular flexibility index (Phi) is 4.69. The molecule has 1 unspecified atom stereocenters. The minimum atomic E-state index is -3.07. The standard InChI is InChI=1S/C8H18N2O2S2/c1-8(7-9-2)14(11,12)10-3-5-13-6-4-10/h8-9H,3-7H2,1-2H3. The van der Waals surface area contributed by atoms with Crippen LogP contribution in [0.5, 0.6) is 0 Å². The van der Waals surface area contributed by atoms with Gasteiger partial charge < -0.3 is 5.32 Å². The molecule has 14 heavy (non-hydrogen) atoms. The highest BCUT2D eigenvalue weighted by atomic mass is 32.2. The van der Waals surface area contributed by atoms with Gasteiger partial charge in [0.05, 0.1) is 5.25 Å². The summed E-state index contributed by atoms with van der Waals surface area (Å²) in [5.41, 5.74) is 0. The minimum Gasteiger partial charge on any atom is -0.318 e. The van der Waals surface area contributed by atoms with Crippen LogP contribution >= 0.6 is 11.8 Å². The van der Waals surface area contributed by atoms with Gasteiger partial charge in [-0.25, -0.2) is 12.7 Å². The Bertz CT molecular complexity index is 261. The van der Waals surface area contributed by atoms with Crippen molar-refractivity contribution in [2.45, 2.75) is 12.2 Å². The molecule has 1 rings (SSSR count). The van der Waals surface area contributed by atoms with Gasteiger partial charge in [0.15, 0.2) is 0 Å². The molecule has 84 valence electrons. The second-order valence-electron chi connectivity index (χ2n) is 3.42. The number of thioether (sulfide) groups is 1. The Labute approximate surface area is 90.5 Å². The number of hydrogen-bond acceptors (Lipinski definition) is 4. The molecule has 0 amide bonds. The number of rotatable bonds is 4. The van der Waals surface area contributed by atoms with Crippen molar-refractivity contribution in [3.05, 3.63) is 0 Å². The molecule has 4 nitrogen and oxygen atoms in total. The number of hydrogen-bond donors (Lipinski definition) is 1. The van der Waals surface area contributed by atoms with E-state index in [1.54, 1.807) is 18.3 Å². The van der Waals surface area contributed by atoms with Crippen LogP contribution in [-0.2, 0) is 10.0 Å². The average Bonchev–Trinajstić information content (AvgIpc) is 2.19. The SMILES string of the molecule is CNCC(C)S(=O)(=O)N1CCSCC1. The van der Waals surface area contributed by atoms with Gasteiger partial charge in [0, 0.05) is 31.1 Å². The van der Waals surface area contributed by atoms with Gasteiger partial charge in [-0.1, -0.05) is 0 Å². The molecule has 0 radical (unpaired) electrons. The zero-order valence-electron chi connectivity index (χ0n) is 8.69. The van der Waals surface area contributed by atoms with E-state index >= 15 is 0 Å². The molecule has 1 heterocycles. The van der Waals surface area contributed by atoms with Crippen molar-refractivity contribution in [3.8, 4) is 0 Å². The summed E-state index contributed by atoms with van der Waals surface area (Å²) in [7, 11) is -1.29. The van der Waals surface area contributed by atoms with E-state index in [9.17, 15) is 8.42 Å². The quantitative estimate of drug-likeness (QED) is 0.747. The fraction of sp³-hybridized carbons (Fsp3) is 1.00. The Balaban J connectivity index is 2.62. The molecule has 0 aromatic heterocycles. The van der Waals surface area contributed by atoms with Crippen LogP contribution in [0.1, 0.15) is 6.92 Å². The summed E-state index contributed by atoms with van der Waals surface area (Å²) in [6.07, 6.45) is 0. The molecule has 1 N–H and O–H groups in total. The Morgan fingerprint density at radius 1 is 1.43 bits per heavy atom. The lowest BCUT2D eigenvalue weighted by atomic mass is 10.5. The van der Waals surface area contributed by atoms with Crippen molar-refractivity contribution in [2.24, 2.45) is 0 Å². The van der Waals surface area contributed by atoms with Crippen molar-refractivity contribution in [2.75, 3.05) is 38.2 Å². The third-order valence-corrected chi connectivity index (χ3v) is 5.54. The predicted octanol–water partition coefficient (Wildman–Crippen LogP) is -0.0271. The van der Waals surface area contributed by atoms with Gasteiger partial charge in [-0.2, -0.15) is 11.8 Å². The maximum Gasteiger partial charge on any atom is 0.218 e. The van der Waals surface area contributed by atoms with Gasteiger partial charge in [-0.05, 0) is 14.0 Å². The van der Waals surface area contributed by atoms with Crippen LogP contribution in [-0.4, -0.2) is 56.2 Å². The minimum absolute atomic E-state index is 0.324. The van der Waals surface area contributed by atoms with Crippen LogP contribution < -0.4 is 5.32 Å². The Morgan fingerprint density at radius 3 is 2.50 bits per heavy atom. The van der Waals surface area contributed by atoms with Crippen LogP contribution in [0.15, 0.2) is 0 Å². The van der Waals surface area contributed by atoms with Gasteiger partial charge in [0.1, 0.15) is 0 Å². The third kappa shape index (κ3) is 2.85. The van der Waals surface area contributed by atoms with Crippen LogP contribution in [0.4, 0.5) is 0 Å². The lowest BCUT2D eigenvalue weighted by molar-refractivity contribution is 0.434. The van der Waals surface area contributed by atoms with Crippen molar-refractivity contribution in [1.29, 1.82) is 0 Å². The Hall–Kier alpha value is 0.220. The summed E-state index contributed by atoms with van der Waals surface area (Å²) in [4.78, 5) is 0. The van der Waals surface area contributed by atoms with Gasteiger partial charge >= 0.3 is 0 Å². The largest absolute Gasteiger partial charge is 0.318 e. The van der Waals surface area contributed by atoms with Crippen LogP contribution in [0, 0.1) is 0 Å². The predicted molar refractivity (Wildman–Crippen MR) is 61.2 cm³/mol. The van der Waals surface area contributed by atoms with E-state index in [0.717, 1.165) is 11.5 Å². The average molecular weight is 238 g/mol. The van der Waals surface area contributed by atoms with Gasteiger partial charge in [-0.3, -0.25) is 0 Å². The van der Waals surface area contributed by atoms with Crippen LogP contribution in [0.3, 0.4) is 0 Å². The smallest absolute Gasteiger partial charge is 0.218 e. The molecular weight excluding hydrogens is 220 g/mol. The molecule has 0 bridgehead atoms. The molecule has 0 saturated carbocycles. The molecule has 1 aliphatic heterocycles. The molecule has 0 spiro atoms. The van der Waals surface area contributed by atoms with E-state index in [-0.39, 0.29) is 5.25 Å². The van der Waals surface area contributed by atoms with Crippen LogP contribution in [0.2, 0.25) is 0 Å². The van der Waals surface area contributed by atoms with E-state index < -0.39 is 10.0 Å². The fourth-order valence-corrected chi connectivity index (χ4v) is 4.16. The summed E-state index contributed by atoms with van der Waals surface area (Å²) < 4.78 is 25.5. The molecule has 1 saturated heterocycles. The highest BCUT2D eigenvalue weighted by Gasteiger charge is 2.29. The van der Waals surface area contributed by atoms with Gasteiger partial charge in [-0.15, -0.1) is 0 Å². The Morgan fingerprint density at radius 2 is 2.00 bits per heavy atom. The first kappa shape index (κ1) is 12.3. The van der Waals surface area contributed by atoms with E-state index in [1.165, 1.54) is 0 Å². The highest BCUT2D eigenvalue weighted by molar-refractivity contribution is 7.99. The number of nitrogens with zero attached hydrogens (tertiary/aromatic N) is 1. The monoisotopic (exact) mass is 238 g/mol. The maximum atomic E-state index is 12.0. The van der Waals surface area contributed by atoms with E-state index in [1.807, 2.05) is 11.8 Å². The molecule has 0 aromatic carbocycles. The van der Waals surface area contributed by atoms with E-state index in [2.05, 4.69) is 5.32 Å². The fourth-order valence-electron chi connectivity index (χ4n) is 1.45. The van der Waals surface area contributed by atoms with Gasteiger partial charge in [0.25, 0.3) is 0 Å². The second kappa shape index (κ2) is 5.34. The van der Waals surface area contributed by atoms with Crippen LogP contribution in [0.25, 0.3) is 0 Å². The first-order valence-electron chi connectivity index (χ1n) is 4.80. The summed E-state index contributed by atoms with van der Waals surface area (Å²) in [6, 6.07) is 0. The molecule has 0 aliphatic carbocycles. The second-order valence-corrected chi connectivity index (χ2v) is 7.00. The van der Waals surface area contributed by atoms with Crippen molar-refractivity contribution in [1.82, 2.24) is 9.62 Å². The number of sulfonamides is 1. The van der Waals surface area contributed by atoms with E-state index in [0.29, 0.717) is 19.6 Å². The summed E-state index contributed by atoms with van der Waals surface area (Å²) >= 11 is 1.82. The van der Waals surface area contributed by atoms with Crippen molar-refractivity contribution in [3.63, 3.8) is 0 Å². The normalized spacial score (nSPS) is 22.1. The van der Waals surface area contributed by atoms with E-state index in [4.69, 9.17) is 0 Å². The van der Waals surface area contributed by atoms with Gasteiger partial charge in [0.2, 0.25) is 10.0 Å². The molecule has 1 atom stereocenters. The summed E-state index contributed by atoms with van der Waals surface area (Å²) in [5.74, 6) is 1.84. The maximum absolute atomic E-state index is 12.0. The van der Waals surface area contributed by atoms with Crippen molar-refractivity contribution >= 4 is 21.8 Å². The topological polar surface area (TPSA) is 49.4 Å². The number of nitrogens with one attached hydrogen (secondary N) is 1. The molecule has 1 fully saturated rings. The highest BCUT2D eigenvalue weighted by Crippen LogP contribution is 2.15. The molecule has 1 aliphatic rings. The lowest BCUT2D eigenvalue weighted by Gasteiger charge is -2.28. The first-order valence-corrected chi connectivity index (χ1v) is 7.46. The first-order chi connectivity index (χ1) is 6.59. The lowest BCUT2D eigenvalue weighted by Crippen LogP contribution is -2.45. The third-order valence-electron chi connectivity index (χ3n) is 2.33. The zero-order valence-corrected chi connectivity index (χ0v) is 10.3. The van der Waals surface area contributed by atoms with Crippen molar-refractivity contribution < 1.29 is 8.42 Å². The molecular formula is C8H18N2O2S2. The zero-order chi connectivity index (χ0) is 10.6.